The topological polar surface area (TPSA) is 74.3 Å². The summed E-state index contributed by atoms with van der Waals surface area (Å²) in [6, 6.07) is 4.28. The largest absolute Gasteiger partial charge is 0.486 e. The highest BCUT2D eigenvalue weighted by molar-refractivity contribution is 6.32. The van der Waals surface area contributed by atoms with Crippen molar-refractivity contribution in [1.29, 1.82) is 0 Å². The third-order valence-electron chi connectivity index (χ3n) is 5.21. The van der Waals surface area contributed by atoms with E-state index in [0.717, 1.165) is 38.4 Å². The van der Waals surface area contributed by atoms with Crippen LogP contribution in [-0.4, -0.2) is 80.0 Å². The average Bonchev–Trinajstić information content (AvgIpc) is 3.29. The summed E-state index contributed by atoms with van der Waals surface area (Å²) < 4.78 is 24.5. The first-order chi connectivity index (χ1) is 13.7. The number of amides is 1. The van der Waals surface area contributed by atoms with Gasteiger partial charge in [-0.2, -0.15) is 0 Å². The van der Waals surface area contributed by atoms with Crippen LogP contribution in [0.25, 0.3) is 5.57 Å². The molecule has 1 fully saturated rings. The molecule has 0 bridgehead atoms. The van der Waals surface area contributed by atoms with Gasteiger partial charge in [0.1, 0.15) is 18.2 Å². The maximum Gasteiger partial charge on any atom is 0.260 e. The molecular formula is C20H24FN3O4. The molecule has 28 heavy (non-hydrogen) atoms. The molecule has 7 nitrogen and oxygen atoms in total. The van der Waals surface area contributed by atoms with Gasteiger partial charge in [0.05, 0.1) is 36.8 Å². The Bertz CT molecular complexity index is 816. The highest BCUT2D eigenvalue weighted by Gasteiger charge is 2.31. The summed E-state index contributed by atoms with van der Waals surface area (Å²) in [6.07, 6.45) is 1.92. The lowest BCUT2D eigenvalue weighted by atomic mass is 10.1. The van der Waals surface area contributed by atoms with Crippen LogP contribution in [-0.2, 0) is 14.3 Å². The fourth-order valence-corrected chi connectivity index (χ4v) is 3.72. The predicted molar refractivity (Wildman–Crippen MR) is 102 cm³/mol. The minimum absolute atomic E-state index is 0.0528. The zero-order chi connectivity index (χ0) is 19.5. The summed E-state index contributed by atoms with van der Waals surface area (Å²) in [7, 11) is 0. The highest BCUT2D eigenvalue weighted by atomic mass is 19.1. The van der Waals surface area contributed by atoms with Crippen molar-refractivity contribution in [3.8, 4) is 0 Å². The molecule has 0 radical (unpaired) electrons. The first-order valence-electron chi connectivity index (χ1n) is 9.50. The second kappa shape index (κ2) is 8.30. The molecule has 3 heterocycles. The monoisotopic (exact) mass is 389 g/mol. The number of ether oxygens (including phenoxy) is 2. The van der Waals surface area contributed by atoms with Gasteiger partial charge in [0.15, 0.2) is 0 Å². The molecule has 1 aromatic carbocycles. The van der Waals surface area contributed by atoms with Gasteiger partial charge < -0.3 is 24.8 Å². The Morgan fingerprint density at radius 2 is 2.04 bits per heavy atom. The number of hydrogen-bond donors (Lipinski definition) is 2. The van der Waals surface area contributed by atoms with E-state index in [9.17, 15) is 9.18 Å². The molecule has 0 unspecified atom stereocenters. The van der Waals surface area contributed by atoms with Crippen molar-refractivity contribution in [3.63, 3.8) is 0 Å². The van der Waals surface area contributed by atoms with Crippen molar-refractivity contribution in [1.82, 2.24) is 9.80 Å². The van der Waals surface area contributed by atoms with Crippen LogP contribution >= 0.6 is 0 Å². The van der Waals surface area contributed by atoms with E-state index in [0.29, 0.717) is 42.4 Å². The van der Waals surface area contributed by atoms with Gasteiger partial charge in [-0.1, -0.05) is 0 Å². The number of aliphatic hydroxyl groups is 1. The number of carbonyl (C=O) groups is 1. The number of fused-ring (bicyclic) bond motifs is 1. The summed E-state index contributed by atoms with van der Waals surface area (Å²) in [5.74, 6) is -0.105. The first kappa shape index (κ1) is 18.9. The zero-order valence-corrected chi connectivity index (χ0v) is 15.6. The smallest absolute Gasteiger partial charge is 0.260 e. The fraction of sp³-hybridized carbons (Fsp3) is 0.450. The van der Waals surface area contributed by atoms with Crippen molar-refractivity contribution >= 4 is 17.2 Å². The Labute approximate surface area is 163 Å². The number of piperazine rings is 1. The molecule has 1 saturated heterocycles. The second-order valence-electron chi connectivity index (χ2n) is 6.97. The molecule has 0 spiro atoms. The molecule has 4 rings (SSSR count). The highest BCUT2D eigenvalue weighted by Crippen LogP contribution is 2.37. The van der Waals surface area contributed by atoms with E-state index in [1.54, 1.807) is 6.07 Å². The number of aliphatic hydroxyl groups excluding tert-OH is 1. The Morgan fingerprint density at radius 3 is 2.82 bits per heavy atom. The van der Waals surface area contributed by atoms with Crippen molar-refractivity contribution in [2.45, 2.75) is 0 Å². The standard InChI is InChI=1S/C20H24FN3O4/c21-14-1-2-16-17(11-14)22-20(26)19(16)18-12-15(13-28-18)24-5-3-23(4-6-24)7-9-27-10-8-25/h1-2,11-12,25H,3-10,13H2,(H,22,26). The second-order valence-corrected chi connectivity index (χ2v) is 6.97. The molecule has 0 aliphatic carbocycles. The Morgan fingerprint density at radius 1 is 1.21 bits per heavy atom. The molecule has 0 aromatic heterocycles. The van der Waals surface area contributed by atoms with E-state index in [4.69, 9.17) is 14.6 Å². The van der Waals surface area contributed by atoms with Gasteiger partial charge in [-0.15, -0.1) is 0 Å². The maximum atomic E-state index is 13.4. The molecule has 150 valence electrons. The van der Waals surface area contributed by atoms with Crippen LogP contribution in [0.2, 0.25) is 0 Å². The molecule has 1 amide bonds. The normalized spacial score (nSPS) is 22.1. The molecular weight excluding hydrogens is 365 g/mol. The minimum Gasteiger partial charge on any atom is -0.486 e. The number of carbonyl (C=O) groups excluding carboxylic acids is 1. The van der Waals surface area contributed by atoms with Crippen molar-refractivity contribution in [2.75, 3.05) is 64.5 Å². The van der Waals surface area contributed by atoms with E-state index >= 15 is 0 Å². The number of hydrogen-bond acceptors (Lipinski definition) is 6. The summed E-state index contributed by atoms with van der Waals surface area (Å²) in [5, 5.41) is 11.4. The van der Waals surface area contributed by atoms with Crippen LogP contribution in [0.1, 0.15) is 5.56 Å². The number of nitrogens with one attached hydrogen (secondary N) is 1. The van der Waals surface area contributed by atoms with Gasteiger partial charge in [-0.25, -0.2) is 4.39 Å². The average molecular weight is 389 g/mol. The van der Waals surface area contributed by atoms with Gasteiger partial charge in [-0.05, 0) is 18.2 Å². The number of halogens is 1. The SMILES string of the molecule is O=C1Nc2cc(F)ccc2C1=C1C=C(N2CCN(CCOCCO)CC2)CO1. The zero-order valence-electron chi connectivity index (χ0n) is 15.6. The minimum atomic E-state index is -0.381. The van der Waals surface area contributed by atoms with Crippen molar-refractivity contribution in [2.24, 2.45) is 0 Å². The fourth-order valence-electron chi connectivity index (χ4n) is 3.72. The van der Waals surface area contributed by atoms with Crippen LogP contribution in [0.15, 0.2) is 35.7 Å². The lowest BCUT2D eigenvalue weighted by Crippen LogP contribution is -2.47. The van der Waals surface area contributed by atoms with Crippen molar-refractivity contribution in [3.05, 3.63) is 47.1 Å². The van der Waals surface area contributed by atoms with E-state index in [1.807, 2.05) is 6.08 Å². The summed E-state index contributed by atoms with van der Waals surface area (Å²) in [6.45, 7) is 5.95. The van der Waals surface area contributed by atoms with E-state index in [1.165, 1.54) is 12.1 Å². The van der Waals surface area contributed by atoms with Crippen LogP contribution in [0, 0.1) is 5.82 Å². The number of benzene rings is 1. The summed E-state index contributed by atoms with van der Waals surface area (Å²) >= 11 is 0. The first-order valence-corrected chi connectivity index (χ1v) is 9.50. The number of rotatable bonds is 6. The summed E-state index contributed by atoms with van der Waals surface area (Å²) in [4.78, 5) is 17.0. The van der Waals surface area contributed by atoms with Crippen LogP contribution in [0.4, 0.5) is 10.1 Å². The predicted octanol–water partition coefficient (Wildman–Crippen LogP) is 1.03. The van der Waals surface area contributed by atoms with Gasteiger partial charge in [0.2, 0.25) is 0 Å². The number of anilines is 1. The molecule has 1 aromatic rings. The van der Waals surface area contributed by atoms with Crippen molar-refractivity contribution < 1.29 is 23.8 Å². The van der Waals surface area contributed by atoms with Crippen LogP contribution in [0.5, 0.6) is 0 Å². The van der Waals surface area contributed by atoms with Gasteiger partial charge in [0.25, 0.3) is 5.91 Å². The number of allylic oxidation sites excluding steroid dienone is 1. The van der Waals surface area contributed by atoms with Gasteiger partial charge in [-0.3, -0.25) is 9.69 Å². The maximum absolute atomic E-state index is 13.4. The van der Waals surface area contributed by atoms with Crippen LogP contribution in [0.3, 0.4) is 0 Å². The third-order valence-corrected chi connectivity index (χ3v) is 5.21. The quantitative estimate of drug-likeness (QED) is 0.559. The van der Waals surface area contributed by atoms with E-state index in [-0.39, 0.29) is 18.3 Å². The lowest BCUT2D eigenvalue weighted by molar-refractivity contribution is -0.110. The molecule has 0 atom stereocenters. The third kappa shape index (κ3) is 3.89. The Hall–Kier alpha value is -2.42. The van der Waals surface area contributed by atoms with Crippen LogP contribution < -0.4 is 5.32 Å². The van der Waals surface area contributed by atoms with Gasteiger partial charge in [0, 0.05) is 44.4 Å². The molecule has 3 aliphatic rings. The van der Waals surface area contributed by atoms with Gasteiger partial charge >= 0.3 is 0 Å². The summed E-state index contributed by atoms with van der Waals surface area (Å²) in [5.41, 5.74) is 2.67. The Balaban J connectivity index is 1.40. The molecule has 2 N–H and O–H groups in total. The molecule has 0 saturated carbocycles. The number of nitrogens with zero attached hydrogens (tertiary/aromatic N) is 2. The van der Waals surface area contributed by atoms with E-state index < -0.39 is 0 Å². The van der Waals surface area contributed by atoms with E-state index in [2.05, 4.69) is 15.1 Å². The molecule has 3 aliphatic heterocycles. The molecule has 8 heteroatoms. The lowest BCUT2D eigenvalue weighted by Gasteiger charge is -2.36. The Kier molecular flexibility index (Phi) is 5.61.